The Morgan fingerprint density at radius 3 is 2.94 bits per heavy atom. The van der Waals surface area contributed by atoms with E-state index in [0.717, 1.165) is 15.2 Å². The normalized spacial score (nSPS) is 15.3. The zero-order valence-corrected chi connectivity index (χ0v) is 10.5. The van der Waals surface area contributed by atoms with Gasteiger partial charge >= 0.3 is 0 Å². The lowest BCUT2D eigenvalue weighted by Crippen LogP contribution is -1.94. The highest BCUT2D eigenvalue weighted by atomic mass is 35.5. The average molecular weight is 271 g/mol. The van der Waals surface area contributed by atoms with Gasteiger partial charge in [0, 0.05) is 12.0 Å². The van der Waals surface area contributed by atoms with E-state index >= 15 is 0 Å². The van der Waals surface area contributed by atoms with Crippen molar-refractivity contribution in [2.45, 2.75) is 28.1 Å². The standard InChI is InChI=1S/C9H7ClN4S2/c10-6-3-7(16-9-14-11-4-15-9)13-8(12-6)5-1-2-5/h3-5H,1-2H2. The molecule has 0 radical (unpaired) electrons. The first-order valence-corrected chi connectivity index (χ1v) is 6.87. The monoisotopic (exact) mass is 270 g/mol. The van der Waals surface area contributed by atoms with Gasteiger partial charge in [-0.05, 0) is 24.6 Å². The summed E-state index contributed by atoms with van der Waals surface area (Å²) in [5.41, 5.74) is 1.70. The SMILES string of the molecule is Clc1cc(Sc2nncs2)nc(C2CC2)n1. The van der Waals surface area contributed by atoms with Crippen LogP contribution in [0.2, 0.25) is 5.15 Å². The third kappa shape index (κ3) is 2.34. The topological polar surface area (TPSA) is 51.6 Å². The fraction of sp³-hybridized carbons (Fsp3) is 0.333. The minimum absolute atomic E-state index is 0.504. The maximum atomic E-state index is 5.96. The predicted octanol–water partition coefficient (Wildman–Crippen LogP) is 3.01. The summed E-state index contributed by atoms with van der Waals surface area (Å²) in [4.78, 5) is 8.71. The van der Waals surface area contributed by atoms with Crippen LogP contribution in [0.1, 0.15) is 24.6 Å². The molecular formula is C9H7ClN4S2. The van der Waals surface area contributed by atoms with Crippen molar-refractivity contribution >= 4 is 34.7 Å². The van der Waals surface area contributed by atoms with Crippen molar-refractivity contribution in [1.82, 2.24) is 20.2 Å². The second kappa shape index (κ2) is 4.27. The van der Waals surface area contributed by atoms with E-state index in [4.69, 9.17) is 11.6 Å². The van der Waals surface area contributed by atoms with E-state index in [1.807, 2.05) is 0 Å². The Hall–Kier alpha value is -0.720. The van der Waals surface area contributed by atoms with E-state index in [9.17, 15) is 0 Å². The van der Waals surface area contributed by atoms with Crippen LogP contribution in [0.3, 0.4) is 0 Å². The predicted molar refractivity (Wildman–Crippen MR) is 63.0 cm³/mol. The molecular weight excluding hydrogens is 264 g/mol. The minimum Gasteiger partial charge on any atom is -0.226 e. The molecule has 1 fully saturated rings. The first-order chi connectivity index (χ1) is 7.81. The molecule has 7 heteroatoms. The zero-order valence-electron chi connectivity index (χ0n) is 8.13. The van der Waals surface area contributed by atoms with Crippen molar-refractivity contribution in [3.63, 3.8) is 0 Å². The Morgan fingerprint density at radius 1 is 1.38 bits per heavy atom. The number of halogens is 1. The summed E-state index contributed by atoms with van der Waals surface area (Å²) in [5, 5.41) is 9.09. The molecule has 0 unspecified atom stereocenters. The highest BCUT2D eigenvalue weighted by Crippen LogP contribution is 2.39. The van der Waals surface area contributed by atoms with Crippen molar-refractivity contribution in [2.24, 2.45) is 0 Å². The number of nitrogens with zero attached hydrogens (tertiary/aromatic N) is 4. The van der Waals surface area contributed by atoms with Gasteiger partial charge in [0.1, 0.15) is 21.5 Å². The zero-order chi connectivity index (χ0) is 11.0. The summed E-state index contributed by atoms with van der Waals surface area (Å²) in [6.07, 6.45) is 2.34. The van der Waals surface area contributed by atoms with Gasteiger partial charge in [-0.3, -0.25) is 0 Å². The molecule has 82 valence electrons. The Labute approximate surface area is 105 Å². The molecule has 3 rings (SSSR count). The summed E-state index contributed by atoms with van der Waals surface area (Å²) in [6.45, 7) is 0. The fourth-order valence-electron chi connectivity index (χ4n) is 1.29. The molecule has 0 atom stereocenters. The van der Waals surface area contributed by atoms with Gasteiger partial charge in [-0.25, -0.2) is 9.97 Å². The lowest BCUT2D eigenvalue weighted by atomic mass is 10.4. The molecule has 0 aromatic carbocycles. The van der Waals surface area contributed by atoms with E-state index in [1.54, 1.807) is 11.6 Å². The van der Waals surface area contributed by atoms with Gasteiger partial charge in [0.15, 0.2) is 4.34 Å². The third-order valence-corrected chi connectivity index (χ3v) is 4.05. The van der Waals surface area contributed by atoms with Crippen LogP contribution in [0.5, 0.6) is 0 Å². The summed E-state index contributed by atoms with van der Waals surface area (Å²) < 4.78 is 0.872. The summed E-state index contributed by atoms with van der Waals surface area (Å²) in [6, 6.07) is 1.76. The fourth-order valence-corrected chi connectivity index (χ4v) is 2.97. The van der Waals surface area contributed by atoms with Gasteiger partial charge in [-0.15, -0.1) is 10.2 Å². The Balaban J connectivity index is 1.88. The van der Waals surface area contributed by atoms with Crippen LogP contribution in [-0.4, -0.2) is 20.2 Å². The van der Waals surface area contributed by atoms with E-state index in [0.29, 0.717) is 11.1 Å². The number of hydrogen-bond acceptors (Lipinski definition) is 6. The smallest absolute Gasteiger partial charge is 0.180 e. The summed E-state index contributed by atoms with van der Waals surface area (Å²) in [5.74, 6) is 1.37. The lowest BCUT2D eigenvalue weighted by molar-refractivity contribution is 0.877. The molecule has 0 amide bonds. The maximum absolute atomic E-state index is 5.96. The number of aromatic nitrogens is 4. The van der Waals surface area contributed by atoms with Crippen LogP contribution in [0.25, 0.3) is 0 Å². The van der Waals surface area contributed by atoms with Crippen LogP contribution < -0.4 is 0 Å². The van der Waals surface area contributed by atoms with Crippen molar-refractivity contribution in [1.29, 1.82) is 0 Å². The second-order valence-corrected chi connectivity index (χ2v) is 5.96. The quantitative estimate of drug-likeness (QED) is 0.803. The van der Waals surface area contributed by atoms with E-state index < -0.39 is 0 Å². The minimum atomic E-state index is 0.504. The first kappa shape index (κ1) is 10.4. The Morgan fingerprint density at radius 2 is 2.25 bits per heavy atom. The van der Waals surface area contributed by atoms with Crippen LogP contribution in [0.4, 0.5) is 0 Å². The van der Waals surface area contributed by atoms with Crippen LogP contribution in [0, 0.1) is 0 Å². The van der Waals surface area contributed by atoms with Crippen LogP contribution in [-0.2, 0) is 0 Å². The third-order valence-electron chi connectivity index (χ3n) is 2.16. The van der Waals surface area contributed by atoms with Crippen molar-refractivity contribution < 1.29 is 0 Å². The number of rotatable bonds is 3. The molecule has 0 N–H and O–H groups in total. The highest BCUT2D eigenvalue weighted by Gasteiger charge is 2.27. The molecule has 1 saturated carbocycles. The lowest BCUT2D eigenvalue weighted by Gasteiger charge is -2.01. The summed E-state index contributed by atoms with van der Waals surface area (Å²) in [7, 11) is 0. The molecule has 0 spiro atoms. The molecule has 2 heterocycles. The molecule has 4 nitrogen and oxygen atoms in total. The Kier molecular flexibility index (Phi) is 2.79. The Bertz CT molecular complexity index is 498. The van der Waals surface area contributed by atoms with Crippen molar-refractivity contribution in [3.05, 3.63) is 22.6 Å². The molecule has 2 aromatic rings. The van der Waals surface area contributed by atoms with E-state index in [1.165, 1.54) is 35.9 Å². The molecule has 0 bridgehead atoms. The molecule has 0 aliphatic heterocycles. The molecule has 1 aliphatic carbocycles. The van der Waals surface area contributed by atoms with Gasteiger partial charge in [0.2, 0.25) is 0 Å². The van der Waals surface area contributed by atoms with Gasteiger partial charge in [0.25, 0.3) is 0 Å². The van der Waals surface area contributed by atoms with E-state index in [2.05, 4.69) is 20.2 Å². The number of hydrogen-bond donors (Lipinski definition) is 0. The van der Waals surface area contributed by atoms with Gasteiger partial charge < -0.3 is 0 Å². The largest absolute Gasteiger partial charge is 0.226 e. The van der Waals surface area contributed by atoms with E-state index in [-0.39, 0.29) is 0 Å². The van der Waals surface area contributed by atoms with Crippen molar-refractivity contribution in [2.75, 3.05) is 0 Å². The maximum Gasteiger partial charge on any atom is 0.180 e. The van der Waals surface area contributed by atoms with Crippen LogP contribution >= 0.6 is 34.7 Å². The average Bonchev–Trinajstić information content (AvgIpc) is 2.98. The first-order valence-electron chi connectivity index (χ1n) is 4.80. The second-order valence-electron chi connectivity index (χ2n) is 3.47. The molecule has 16 heavy (non-hydrogen) atoms. The van der Waals surface area contributed by atoms with Gasteiger partial charge in [0.05, 0.1) is 0 Å². The van der Waals surface area contributed by atoms with Gasteiger partial charge in [-0.2, -0.15) is 0 Å². The highest BCUT2D eigenvalue weighted by molar-refractivity contribution is 8.00. The van der Waals surface area contributed by atoms with Gasteiger partial charge in [-0.1, -0.05) is 22.9 Å². The molecule has 0 saturated heterocycles. The summed E-state index contributed by atoms with van der Waals surface area (Å²) >= 11 is 8.93. The van der Waals surface area contributed by atoms with Crippen LogP contribution in [0.15, 0.2) is 20.9 Å². The van der Waals surface area contributed by atoms with Crippen molar-refractivity contribution in [3.8, 4) is 0 Å². The molecule has 2 aromatic heterocycles. The molecule has 1 aliphatic rings.